The Morgan fingerprint density at radius 3 is 2.21 bits per heavy atom. The minimum atomic E-state index is -3.48. The van der Waals surface area contributed by atoms with Crippen LogP contribution in [0.15, 0.2) is 89.8 Å². The summed E-state index contributed by atoms with van der Waals surface area (Å²) in [6.45, 7) is 0. The summed E-state index contributed by atoms with van der Waals surface area (Å²) in [6, 6.07) is 25.1. The van der Waals surface area contributed by atoms with Crippen LogP contribution in [0.3, 0.4) is 0 Å². The van der Waals surface area contributed by atoms with Crippen LogP contribution >= 0.6 is 0 Å². The number of rotatable bonds is 3. The fourth-order valence-electron chi connectivity index (χ4n) is 5.61. The molecule has 0 spiro atoms. The summed E-state index contributed by atoms with van der Waals surface area (Å²) in [5.41, 5.74) is 3.41. The van der Waals surface area contributed by atoms with Gasteiger partial charge in [-0.2, -0.15) is 0 Å². The van der Waals surface area contributed by atoms with Crippen LogP contribution in [0, 0.1) is 5.92 Å². The third kappa shape index (κ3) is 3.10. The van der Waals surface area contributed by atoms with Crippen molar-refractivity contribution in [3.05, 3.63) is 96.1 Å². The van der Waals surface area contributed by atoms with Crippen molar-refractivity contribution >= 4 is 37.3 Å². The number of nitrogens with zero attached hydrogens (tertiary/aromatic N) is 1. The molecule has 166 valence electrons. The first-order chi connectivity index (χ1) is 15.9. The van der Waals surface area contributed by atoms with Crippen LogP contribution < -0.4 is 5.32 Å². The molecule has 3 atom stereocenters. The molecule has 4 nitrogen and oxygen atoms in total. The number of allylic oxidation sites excluding steroid dienone is 2. The second-order valence-electron chi connectivity index (χ2n) is 9.24. The van der Waals surface area contributed by atoms with Crippen molar-refractivity contribution in [2.24, 2.45) is 5.92 Å². The van der Waals surface area contributed by atoms with Gasteiger partial charge in [0.05, 0.1) is 10.9 Å². The molecule has 1 N–H and O–H groups in total. The standard InChI is InChI=1S/C28H26N2O2S/c1-30(2)33(31,32)20-14-15-26-25(17-20)23-12-7-13-24(23)28(29-26)27-21-10-5-3-8-18(21)16-19-9-4-6-11-22(19)27/h3-12,14-17,23-24,28-29H,13H2,1-2H3. The zero-order chi connectivity index (χ0) is 22.7. The Morgan fingerprint density at radius 1 is 0.879 bits per heavy atom. The van der Waals surface area contributed by atoms with Gasteiger partial charge in [0.15, 0.2) is 0 Å². The number of hydrogen-bond acceptors (Lipinski definition) is 3. The Morgan fingerprint density at radius 2 is 1.55 bits per heavy atom. The predicted octanol–water partition coefficient (Wildman–Crippen LogP) is 6.07. The zero-order valence-electron chi connectivity index (χ0n) is 18.7. The van der Waals surface area contributed by atoms with E-state index in [1.54, 1.807) is 20.2 Å². The zero-order valence-corrected chi connectivity index (χ0v) is 19.5. The van der Waals surface area contributed by atoms with Crippen LogP contribution in [0.2, 0.25) is 0 Å². The molecule has 0 saturated carbocycles. The lowest BCUT2D eigenvalue weighted by molar-refractivity contribution is 0.428. The molecule has 1 aliphatic carbocycles. The molecule has 4 aromatic carbocycles. The van der Waals surface area contributed by atoms with Crippen LogP contribution in [0.25, 0.3) is 21.5 Å². The van der Waals surface area contributed by atoms with E-state index in [2.05, 4.69) is 72.1 Å². The second-order valence-corrected chi connectivity index (χ2v) is 11.4. The van der Waals surface area contributed by atoms with Crippen molar-refractivity contribution in [2.45, 2.75) is 23.3 Å². The molecule has 6 rings (SSSR count). The Balaban J connectivity index is 1.56. The Labute approximate surface area is 194 Å². The summed E-state index contributed by atoms with van der Waals surface area (Å²) in [7, 11) is -0.328. The van der Waals surface area contributed by atoms with E-state index in [1.807, 2.05) is 12.1 Å². The number of fused-ring (bicyclic) bond motifs is 5. The first-order valence-corrected chi connectivity index (χ1v) is 12.8. The lowest BCUT2D eigenvalue weighted by Gasteiger charge is -2.38. The third-order valence-electron chi connectivity index (χ3n) is 7.24. The maximum Gasteiger partial charge on any atom is 0.242 e. The van der Waals surface area contributed by atoms with Crippen molar-refractivity contribution in [3.8, 4) is 0 Å². The molecule has 0 saturated heterocycles. The number of hydrogen-bond donors (Lipinski definition) is 1. The second kappa shape index (κ2) is 7.44. The fourth-order valence-corrected chi connectivity index (χ4v) is 6.55. The Bertz CT molecular complexity index is 1480. The maximum atomic E-state index is 12.8. The molecule has 3 unspecified atom stereocenters. The van der Waals surface area contributed by atoms with E-state index in [-0.39, 0.29) is 12.0 Å². The van der Waals surface area contributed by atoms with Gasteiger partial charge in [-0.05, 0) is 69.3 Å². The van der Waals surface area contributed by atoms with Gasteiger partial charge in [0.2, 0.25) is 10.0 Å². The topological polar surface area (TPSA) is 49.4 Å². The summed E-state index contributed by atoms with van der Waals surface area (Å²) in [4.78, 5) is 0.348. The highest BCUT2D eigenvalue weighted by Gasteiger charge is 2.39. The van der Waals surface area contributed by atoms with Gasteiger partial charge in [-0.3, -0.25) is 0 Å². The fraction of sp³-hybridized carbons (Fsp3) is 0.214. The van der Waals surface area contributed by atoms with Gasteiger partial charge in [0.1, 0.15) is 0 Å². The van der Waals surface area contributed by atoms with Gasteiger partial charge in [-0.25, -0.2) is 12.7 Å². The van der Waals surface area contributed by atoms with Gasteiger partial charge in [-0.1, -0.05) is 60.7 Å². The monoisotopic (exact) mass is 454 g/mol. The van der Waals surface area contributed by atoms with Crippen LogP contribution in [-0.2, 0) is 10.0 Å². The molecule has 0 aromatic heterocycles. The van der Waals surface area contributed by atoms with Crippen molar-refractivity contribution < 1.29 is 8.42 Å². The molecule has 5 heteroatoms. The van der Waals surface area contributed by atoms with E-state index in [0.717, 1.165) is 17.7 Å². The summed E-state index contributed by atoms with van der Waals surface area (Å²) >= 11 is 0. The lowest BCUT2D eigenvalue weighted by atomic mass is 9.75. The summed E-state index contributed by atoms with van der Waals surface area (Å²) in [5, 5.41) is 8.86. The summed E-state index contributed by atoms with van der Waals surface area (Å²) in [5.74, 6) is 0.505. The minimum absolute atomic E-state index is 0.129. The molecule has 0 bridgehead atoms. The molecule has 2 aliphatic rings. The largest absolute Gasteiger partial charge is 0.378 e. The molecule has 4 aromatic rings. The first-order valence-electron chi connectivity index (χ1n) is 11.4. The highest BCUT2D eigenvalue weighted by Crippen LogP contribution is 2.52. The van der Waals surface area contributed by atoms with Crippen molar-refractivity contribution in [3.63, 3.8) is 0 Å². The highest BCUT2D eigenvalue weighted by atomic mass is 32.2. The molecule has 1 heterocycles. The molecule has 0 amide bonds. The lowest BCUT2D eigenvalue weighted by Crippen LogP contribution is -2.30. The normalized spacial score (nSPS) is 21.8. The SMILES string of the molecule is CN(C)S(=O)(=O)c1ccc2c(c1)C1C=CCC1C(c1c3ccccc3cc3ccccc13)N2. The number of sulfonamides is 1. The van der Waals surface area contributed by atoms with Crippen LogP contribution in [-0.4, -0.2) is 26.8 Å². The van der Waals surface area contributed by atoms with E-state index >= 15 is 0 Å². The number of benzene rings is 4. The third-order valence-corrected chi connectivity index (χ3v) is 9.05. The Hall–Kier alpha value is -3.15. The number of nitrogens with one attached hydrogen (secondary N) is 1. The van der Waals surface area contributed by atoms with E-state index in [9.17, 15) is 8.42 Å². The quantitative estimate of drug-likeness (QED) is 0.302. The average molecular weight is 455 g/mol. The Kier molecular flexibility index (Phi) is 4.61. The van der Waals surface area contributed by atoms with Crippen LogP contribution in [0.1, 0.15) is 29.5 Å². The average Bonchev–Trinajstić information content (AvgIpc) is 3.32. The molecule has 0 fully saturated rings. The maximum absolute atomic E-state index is 12.8. The van der Waals surface area contributed by atoms with Gasteiger partial charge < -0.3 is 5.32 Å². The molecular weight excluding hydrogens is 428 g/mol. The summed E-state index contributed by atoms with van der Waals surface area (Å²) < 4.78 is 26.8. The minimum Gasteiger partial charge on any atom is -0.378 e. The van der Waals surface area contributed by atoms with Gasteiger partial charge in [0, 0.05) is 25.7 Å². The van der Waals surface area contributed by atoms with Gasteiger partial charge >= 0.3 is 0 Å². The smallest absolute Gasteiger partial charge is 0.242 e. The summed E-state index contributed by atoms with van der Waals surface area (Å²) in [6.07, 6.45) is 5.47. The van der Waals surface area contributed by atoms with Crippen LogP contribution in [0.4, 0.5) is 5.69 Å². The van der Waals surface area contributed by atoms with E-state index in [0.29, 0.717) is 10.8 Å². The molecule has 33 heavy (non-hydrogen) atoms. The highest BCUT2D eigenvalue weighted by molar-refractivity contribution is 7.89. The first kappa shape index (κ1) is 20.5. The molecule has 0 radical (unpaired) electrons. The van der Waals surface area contributed by atoms with Crippen molar-refractivity contribution in [1.82, 2.24) is 4.31 Å². The molecular formula is C28H26N2O2S. The van der Waals surface area contributed by atoms with E-state index in [1.165, 1.54) is 31.4 Å². The van der Waals surface area contributed by atoms with Crippen LogP contribution in [0.5, 0.6) is 0 Å². The number of anilines is 1. The van der Waals surface area contributed by atoms with Gasteiger partial charge in [-0.15, -0.1) is 0 Å². The van der Waals surface area contributed by atoms with Crippen molar-refractivity contribution in [2.75, 3.05) is 19.4 Å². The van der Waals surface area contributed by atoms with E-state index < -0.39 is 10.0 Å². The van der Waals surface area contributed by atoms with Crippen molar-refractivity contribution in [1.29, 1.82) is 0 Å². The molecule has 1 aliphatic heterocycles. The van der Waals surface area contributed by atoms with Gasteiger partial charge in [0.25, 0.3) is 0 Å². The predicted molar refractivity (Wildman–Crippen MR) is 135 cm³/mol. The van der Waals surface area contributed by atoms with E-state index in [4.69, 9.17) is 0 Å².